The van der Waals surface area contributed by atoms with Crippen LogP contribution in [0.4, 0.5) is 0 Å². The lowest BCUT2D eigenvalue weighted by molar-refractivity contribution is -0.149. The van der Waals surface area contributed by atoms with E-state index >= 15 is 0 Å². The van der Waals surface area contributed by atoms with E-state index in [1.54, 1.807) is 0 Å². The SMILES string of the molecule is CCC(C(=O)OC)C(O)Cc1ccccc1. The van der Waals surface area contributed by atoms with E-state index in [0.29, 0.717) is 12.8 Å². The van der Waals surface area contributed by atoms with Crippen molar-refractivity contribution in [3.05, 3.63) is 35.9 Å². The van der Waals surface area contributed by atoms with Gasteiger partial charge in [-0.2, -0.15) is 0 Å². The number of hydrogen-bond donors (Lipinski definition) is 1. The van der Waals surface area contributed by atoms with Crippen LogP contribution in [-0.2, 0) is 16.0 Å². The van der Waals surface area contributed by atoms with Gasteiger partial charge in [-0.05, 0) is 18.4 Å². The third-order valence-corrected chi connectivity index (χ3v) is 2.70. The Labute approximate surface area is 96.1 Å². The lowest BCUT2D eigenvalue weighted by Gasteiger charge is -2.19. The molecule has 3 heteroatoms. The molecular formula is C13H18O3. The summed E-state index contributed by atoms with van der Waals surface area (Å²) >= 11 is 0. The first-order chi connectivity index (χ1) is 7.69. The van der Waals surface area contributed by atoms with Crippen LogP contribution in [0, 0.1) is 5.92 Å². The molecule has 2 unspecified atom stereocenters. The van der Waals surface area contributed by atoms with E-state index < -0.39 is 12.0 Å². The van der Waals surface area contributed by atoms with E-state index in [9.17, 15) is 9.90 Å². The number of aliphatic hydroxyl groups is 1. The monoisotopic (exact) mass is 222 g/mol. The first-order valence-electron chi connectivity index (χ1n) is 5.48. The van der Waals surface area contributed by atoms with Crippen molar-refractivity contribution in [3.63, 3.8) is 0 Å². The van der Waals surface area contributed by atoms with Gasteiger partial charge in [0, 0.05) is 0 Å². The Hall–Kier alpha value is -1.35. The normalized spacial score (nSPS) is 14.2. The molecule has 1 rings (SSSR count). The van der Waals surface area contributed by atoms with Crippen LogP contribution in [0.25, 0.3) is 0 Å². The minimum atomic E-state index is -0.681. The standard InChI is InChI=1S/C13H18O3/c1-3-11(13(15)16-2)12(14)9-10-7-5-4-6-8-10/h4-8,11-12,14H,3,9H2,1-2H3. The molecule has 1 aromatic carbocycles. The molecule has 0 spiro atoms. The highest BCUT2D eigenvalue weighted by atomic mass is 16.5. The summed E-state index contributed by atoms with van der Waals surface area (Å²) < 4.78 is 4.66. The zero-order valence-corrected chi connectivity index (χ0v) is 9.72. The Balaban J connectivity index is 2.63. The van der Waals surface area contributed by atoms with E-state index in [0.717, 1.165) is 5.56 Å². The van der Waals surface area contributed by atoms with Crippen LogP contribution in [0.2, 0.25) is 0 Å². The zero-order chi connectivity index (χ0) is 12.0. The molecule has 1 aromatic rings. The van der Waals surface area contributed by atoms with Gasteiger partial charge in [0.25, 0.3) is 0 Å². The summed E-state index contributed by atoms with van der Waals surface area (Å²) in [6, 6.07) is 9.64. The van der Waals surface area contributed by atoms with Crippen LogP contribution in [-0.4, -0.2) is 24.3 Å². The Morgan fingerprint density at radius 2 is 2.00 bits per heavy atom. The summed E-state index contributed by atoms with van der Waals surface area (Å²) in [5.41, 5.74) is 1.03. The molecule has 1 N–H and O–H groups in total. The maximum absolute atomic E-state index is 11.4. The van der Waals surface area contributed by atoms with Crippen molar-refractivity contribution in [2.45, 2.75) is 25.9 Å². The minimum absolute atomic E-state index is 0.342. The number of methoxy groups -OCH3 is 1. The molecule has 0 aliphatic heterocycles. The van der Waals surface area contributed by atoms with Gasteiger partial charge in [-0.1, -0.05) is 37.3 Å². The molecule has 2 atom stereocenters. The number of carbonyl (C=O) groups excluding carboxylic acids is 1. The second kappa shape index (κ2) is 6.28. The van der Waals surface area contributed by atoms with Gasteiger partial charge >= 0.3 is 5.97 Å². The highest BCUT2D eigenvalue weighted by Gasteiger charge is 2.25. The summed E-state index contributed by atoms with van der Waals surface area (Å²) in [5, 5.41) is 9.96. The molecule has 0 heterocycles. The smallest absolute Gasteiger partial charge is 0.311 e. The molecule has 0 fully saturated rings. The third kappa shape index (κ3) is 3.35. The molecule has 16 heavy (non-hydrogen) atoms. The summed E-state index contributed by atoms with van der Waals surface area (Å²) in [4.78, 5) is 11.4. The topological polar surface area (TPSA) is 46.5 Å². The van der Waals surface area contributed by atoms with E-state index in [1.165, 1.54) is 7.11 Å². The maximum Gasteiger partial charge on any atom is 0.311 e. The van der Waals surface area contributed by atoms with Crippen LogP contribution in [0.3, 0.4) is 0 Å². The first kappa shape index (κ1) is 12.7. The zero-order valence-electron chi connectivity index (χ0n) is 9.72. The Morgan fingerprint density at radius 1 is 1.38 bits per heavy atom. The van der Waals surface area contributed by atoms with Gasteiger partial charge in [0.15, 0.2) is 0 Å². The van der Waals surface area contributed by atoms with Crippen LogP contribution >= 0.6 is 0 Å². The average Bonchev–Trinajstić information content (AvgIpc) is 2.31. The van der Waals surface area contributed by atoms with Gasteiger partial charge in [-0.25, -0.2) is 0 Å². The van der Waals surface area contributed by atoms with Gasteiger partial charge in [0.05, 0.1) is 19.1 Å². The summed E-state index contributed by atoms with van der Waals surface area (Å²) in [6.07, 6.45) is 0.384. The van der Waals surface area contributed by atoms with Crippen molar-refractivity contribution in [2.24, 2.45) is 5.92 Å². The van der Waals surface area contributed by atoms with Gasteiger partial charge in [0.2, 0.25) is 0 Å². The second-order valence-electron chi connectivity index (χ2n) is 3.79. The predicted molar refractivity (Wildman–Crippen MR) is 61.9 cm³/mol. The van der Waals surface area contributed by atoms with E-state index in [-0.39, 0.29) is 5.97 Å². The number of rotatable bonds is 5. The highest BCUT2D eigenvalue weighted by molar-refractivity contribution is 5.72. The molecular weight excluding hydrogens is 204 g/mol. The van der Waals surface area contributed by atoms with Crippen molar-refractivity contribution < 1.29 is 14.6 Å². The summed E-state index contributed by atoms with van der Waals surface area (Å²) in [5.74, 6) is -0.781. The molecule has 0 aliphatic carbocycles. The fourth-order valence-corrected chi connectivity index (χ4v) is 1.75. The molecule has 0 aromatic heterocycles. The largest absolute Gasteiger partial charge is 0.469 e. The number of carbonyl (C=O) groups is 1. The summed E-state index contributed by atoms with van der Waals surface area (Å²) in [7, 11) is 1.35. The maximum atomic E-state index is 11.4. The summed E-state index contributed by atoms with van der Waals surface area (Å²) in [6.45, 7) is 1.87. The van der Waals surface area contributed by atoms with Crippen molar-refractivity contribution >= 4 is 5.97 Å². The van der Waals surface area contributed by atoms with Gasteiger partial charge in [0.1, 0.15) is 0 Å². The quantitative estimate of drug-likeness (QED) is 0.773. The molecule has 0 aliphatic rings. The predicted octanol–water partition coefficient (Wildman–Crippen LogP) is 1.79. The molecule has 0 saturated carbocycles. The molecule has 0 bridgehead atoms. The molecule has 0 saturated heterocycles. The van der Waals surface area contributed by atoms with Gasteiger partial charge < -0.3 is 9.84 Å². The van der Waals surface area contributed by atoms with Gasteiger partial charge in [-0.15, -0.1) is 0 Å². The van der Waals surface area contributed by atoms with Crippen LogP contribution in [0.15, 0.2) is 30.3 Å². The fraction of sp³-hybridized carbons (Fsp3) is 0.462. The Bertz CT molecular complexity index is 321. The van der Waals surface area contributed by atoms with Crippen molar-refractivity contribution in [3.8, 4) is 0 Å². The molecule has 3 nitrogen and oxygen atoms in total. The number of esters is 1. The van der Waals surface area contributed by atoms with Crippen LogP contribution in [0.5, 0.6) is 0 Å². The molecule has 0 amide bonds. The van der Waals surface area contributed by atoms with E-state index in [1.807, 2.05) is 37.3 Å². The third-order valence-electron chi connectivity index (χ3n) is 2.70. The number of hydrogen-bond acceptors (Lipinski definition) is 3. The first-order valence-corrected chi connectivity index (χ1v) is 5.48. The van der Waals surface area contributed by atoms with E-state index in [4.69, 9.17) is 0 Å². The van der Waals surface area contributed by atoms with Crippen LogP contribution in [0.1, 0.15) is 18.9 Å². The Kier molecular flexibility index (Phi) is 4.99. The Morgan fingerprint density at radius 3 is 2.50 bits per heavy atom. The average molecular weight is 222 g/mol. The lowest BCUT2D eigenvalue weighted by Crippen LogP contribution is -2.30. The van der Waals surface area contributed by atoms with Crippen molar-refractivity contribution in [1.82, 2.24) is 0 Å². The second-order valence-corrected chi connectivity index (χ2v) is 3.79. The van der Waals surface area contributed by atoms with Crippen molar-refractivity contribution in [2.75, 3.05) is 7.11 Å². The van der Waals surface area contributed by atoms with E-state index in [2.05, 4.69) is 4.74 Å². The number of ether oxygens (including phenoxy) is 1. The fourth-order valence-electron chi connectivity index (χ4n) is 1.75. The molecule has 88 valence electrons. The number of benzene rings is 1. The highest BCUT2D eigenvalue weighted by Crippen LogP contribution is 2.15. The lowest BCUT2D eigenvalue weighted by atomic mass is 9.94. The van der Waals surface area contributed by atoms with Crippen LogP contribution < -0.4 is 0 Å². The molecule has 0 radical (unpaired) electrons. The van der Waals surface area contributed by atoms with Crippen molar-refractivity contribution in [1.29, 1.82) is 0 Å². The van der Waals surface area contributed by atoms with Gasteiger partial charge in [-0.3, -0.25) is 4.79 Å². The number of aliphatic hydroxyl groups excluding tert-OH is 1. The minimum Gasteiger partial charge on any atom is -0.469 e.